The number of hydrogen-bond acceptors (Lipinski definition) is 4. The fourth-order valence-corrected chi connectivity index (χ4v) is 3.53. The molecule has 5 nitrogen and oxygen atoms in total. The van der Waals surface area contributed by atoms with Crippen LogP contribution in [0.3, 0.4) is 0 Å². The Bertz CT molecular complexity index is 524. The molecule has 0 amide bonds. The third-order valence-corrected chi connectivity index (χ3v) is 4.57. The third-order valence-electron chi connectivity index (χ3n) is 3.62. The average molecular weight is 283 g/mol. The van der Waals surface area contributed by atoms with Gasteiger partial charge in [-0.15, -0.1) is 0 Å². The van der Waals surface area contributed by atoms with Gasteiger partial charge in [0.15, 0.2) is 0 Å². The lowest BCUT2D eigenvalue weighted by molar-refractivity contribution is 0.588. The van der Waals surface area contributed by atoms with Gasteiger partial charge in [-0.25, -0.2) is 13.6 Å². The number of sulfonamides is 1. The Morgan fingerprint density at radius 2 is 1.84 bits per heavy atom. The maximum atomic E-state index is 11.7. The summed E-state index contributed by atoms with van der Waals surface area (Å²) in [6, 6.07) is 7.27. The average Bonchev–Trinajstić information content (AvgIpc) is 2.88. The van der Waals surface area contributed by atoms with Gasteiger partial charge in [0.05, 0.1) is 5.69 Å². The second kappa shape index (κ2) is 5.90. The molecule has 4 N–H and O–H groups in total. The molecule has 106 valence electrons. The van der Waals surface area contributed by atoms with Crippen molar-refractivity contribution in [2.24, 2.45) is 10.9 Å². The van der Waals surface area contributed by atoms with E-state index in [1.165, 1.54) is 12.8 Å². The Balaban J connectivity index is 2.41. The zero-order valence-corrected chi connectivity index (χ0v) is 11.8. The standard InChI is InChI=1S/C13H21N3O2S/c14-9-10-16(11-5-1-2-6-11)12-7-3-4-8-13(12)19(15,17)18/h3-4,7-8,11H,1-2,5-6,9-10,14H2,(H2,15,17,18). The molecule has 19 heavy (non-hydrogen) atoms. The molecule has 0 atom stereocenters. The lowest BCUT2D eigenvalue weighted by atomic mass is 10.1. The van der Waals surface area contributed by atoms with Gasteiger partial charge in [0.1, 0.15) is 4.90 Å². The summed E-state index contributed by atoms with van der Waals surface area (Å²) in [6.07, 6.45) is 4.53. The Morgan fingerprint density at radius 3 is 2.42 bits per heavy atom. The molecule has 0 saturated heterocycles. The van der Waals surface area contributed by atoms with Gasteiger partial charge < -0.3 is 10.6 Å². The predicted molar refractivity (Wildman–Crippen MR) is 76.5 cm³/mol. The van der Waals surface area contributed by atoms with Crippen molar-refractivity contribution in [3.8, 4) is 0 Å². The van der Waals surface area contributed by atoms with Gasteiger partial charge in [-0.05, 0) is 25.0 Å². The van der Waals surface area contributed by atoms with Crippen molar-refractivity contribution in [3.05, 3.63) is 24.3 Å². The van der Waals surface area contributed by atoms with Crippen molar-refractivity contribution >= 4 is 15.7 Å². The van der Waals surface area contributed by atoms with E-state index in [-0.39, 0.29) is 4.90 Å². The van der Waals surface area contributed by atoms with Crippen LogP contribution in [0.2, 0.25) is 0 Å². The van der Waals surface area contributed by atoms with E-state index in [0.717, 1.165) is 12.8 Å². The SMILES string of the molecule is NCCN(c1ccccc1S(N)(=O)=O)C1CCCC1. The summed E-state index contributed by atoms with van der Waals surface area (Å²) in [7, 11) is -3.71. The van der Waals surface area contributed by atoms with E-state index in [4.69, 9.17) is 10.9 Å². The molecule has 1 aliphatic carbocycles. The minimum Gasteiger partial charge on any atom is -0.366 e. The maximum absolute atomic E-state index is 11.7. The van der Waals surface area contributed by atoms with Crippen molar-refractivity contribution in [1.82, 2.24) is 0 Å². The number of primary sulfonamides is 1. The van der Waals surface area contributed by atoms with Crippen LogP contribution in [0.15, 0.2) is 29.2 Å². The zero-order valence-electron chi connectivity index (χ0n) is 11.0. The minimum absolute atomic E-state index is 0.190. The lowest BCUT2D eigenvalue weighted by Gasteiger charge is -2.32. The van der Waals surface area contributed by atoms with Gasteiger partial charge in [-0.1, -0.05) is 25.0 Å². The van der Waals surface area contributed by atoms with Gasteiger partial charge in [0.2, 0.25) is 10.0 Å². The van der Waals surface area contributed by atoms with Gasteiger partial charge in [-0.3, -0.25) is 0 Å². The Labute approximate surface area is 114 Å². The molecule has 0 unspecified atom stereocenters. The number of nitrogens with zero attached hydrogens (tertiary/aromatic N) is 1. The fourth-order valence-electron chi connectivity index (χ4n) is 2.79. The molecule has 2 rings (SSSR count). The van der Waals surface area contributed by atoms with E-state index >= 15 is 0 Å². The first-order valence-electron chi connectivity index (χ1n) is 6.62. The highest BCUT2D eigenvalue weighted by molar-refractivity contribution is 7.89. The van der Waals surface area contributed by atoms with E-state index in [0.29, 0.717) is 24.8 Å². The summed E-state index contributed by atoms with van der Waals surface area (Å²) in [5.74, 6) is 0. The molecular formula is C13H21N3O2S. The van der Waals surface area contributed by atoms with Crippen molar-refractivity contribution in [2.75, 3.05) is 18.0 Å². The first-order chi connectivity index (χ1) is 9.04. The van der Waals surface area contributed by atoms with Gasteiger partial charge in [-0.2, -0.15) is 0 Å². The molecule has 1 saturated carbocycles. The second-order valence-corrected chi connectivity index (χ2v) is 6.46. The summed E-state index contributed by atoms with van der Waals surface area (Å²) < 4.78 is 23.4. The van der Waals surface area contributed by atoms with Crippen LogP contribution in [-0.2, 0) is 10.0 Å². The monoisotopic (exact) mass is 283 g/mol. The lowest BCUT2D eigenvalue weighted by Crippen LogP contribution is -2.38. The van der Waals surface area contributed by atoms with Crippen LogP contribution < -0.4 is 15.8 Å². The molecule has 0 radical (unpaired) electrons. The molecule has 0 aromatic heterocycles. The summed E-state index contributed by atoms with van der Waals surface area (Å²) in [5.41, 5.74) is 6.35. The van der Waals surface area contributed by atoms with Crippen LogP contribution in [0.5, 0.6) is 0 Å². The summed E-state index contributed by atoms with van der Waals surface area (Å²) in [4.78, 5) is 2.29. The number of benzene rings is 1. The first kappa shape index (κ1) is 14.3. The Kier molecular flexibility index (Phi) is 4.44. The third kappa shape index (κ3) is 3.26. The van der Waals surface area contributed by atoms with E-state index in [2.05, 4.69) is 4.90 Å². The maximum Gasteiger partial charge on any atom is 0.240 e. The van der Waals surface area contributed by atoms with Crippen LogP contribution in [0.25, 0.3) is 0 Å². The van der Waals surface area contributed by atoms with Crippen LogP contribution in [-0.4, -0.2) is 27.5 Å². The van der Waals surface area contributed by atoms with Crippen molar-refractivity contribution in [1.29, 1.82) is 0 Å². The molecule has 1 aliphatic rings. The number of nitrogens with two attached hydrogens (primary N) is 2. The number of hydrogen-bond donors (Lipinski definition) is 2. The number of anilines is 1. The highest BCUT2D eigenvalue weighted by atomic mass is 32.2. The largest absolute Gasteiger partial charge is 0.366 e. The Morgan fingerprint density at radius 1 is 1.21 bits per heavy atom. The number of para-hydroxylation sites is 1. The van der Waals surface area contributed by atoms with Crippen molar-refractivity contribution in [3.63, 3.8) is 0 Å². The highest BCUT2D eigenvalue weighted by Crippen LogP contribution is 2.31. The van der Waals surface area contributed by atoms with Crippen LogP contribution in [0.4, 0.5) is 5.69 Å². The van der Waals surface area contributed by atoms with E-state index < -0.39 is 10.0 Å². The van der Waals surface area contributed by atoms with Crippen LogP contribution in [0.1, 0.15) is 25.7 Å². The highest BCUT2D eigenvalue weighted by Gasteiger charge is 2.26. The molecule has 0 bridgehead atoms. The van der Waals surface area contributed by atoms with Crippen LogP contribution >= 0.6 is 0 Å². The summed E-state index contributed by atoms with van der Waals surface area (Å²) >= 11 is 0. The number of rotatable bonds is 5. The molecular weight excluding hydrogens is 262 g/mol. The topological polar surface area (TPSA) is 89.4 Å². The normalized spacial score (nSPS) is 16.7. The van der Waals surface area contributed by atoms with E-state index in [1.54, 1.807) is 12.1 Å². The molecule has 1 aromatic rings. The molecule has 0 heterocycles. The fraction of sp³-hybridized carbons (Fsp3) is 0.538. The smallest absolute Gasteiger partial charge is 0.240 e. The van der Waals surface area contributed by atoms with Crippen LogP contribution in [0, 0.1) is 0 Å². The molecule has 0 aliphatic heterocycles. The minimum atomic E-state index is -3.71. The Hall–Kier alpha value is -1.11. The molecule has 0 spiro atoms. The van der Waals surface area contributed by atoms with Crippen molar-refractivity contribution in [2.45, 2.75) is 36.6 Å². The van der Waals surface area contributed by atoms with Crippen molar-refractivity contribution < 1.29 is 8.42 Å². The molecule has 1 fully saturated rings. The van der Waals surface area contributed by atoms with E-state index in [1.807, 2.05) is 12.1 Å². The zero-order chi connectivity index (χ0) is 13.9. The predicted octanol–water partition coefficient (Wildman–Crippen LogP) is 1.04. The van der Waals surface area contributed by atoms with Gasteiger partial charge in [0.25, 0.3) is 0 Å². The quantitative estimate of drug-likeness (QED) is 0.845. The van der Waals surface area contributed by atoms with E-state index in [9.17, 15) is 8.42 Å². The summed E-state index contributed by atoms with van der Waals surface area (Å²) in [5, 5.41) is 5.30. The molecule has 1 aromatic carbocycles. The molecule has 6 heteroatoms. The van der Waals surface area contributed by atoms with Gasteiger partial charge >= 0.3 is 0 Å². The summed E-state index contributed by atoms with van der Waals surface area (Å²) in [6.45, 7) is 1.15. The second-order valence-electron chi connectivity index (χ2n) is 4.93. The van der Waals surface area contributed by atoms with Gasteiger partial charge in [0, 0.05) is 19.1 Å². The first-order valence-corrected chi connectivity index (χ1v) is 8.17.